The van der Waals surface area contributed by atoms with E-state index in [0.29, 0.717) is 11.2 Å². The van der Waals surface area contributed by atoms with Crippen LogP contribution in [0.3, 0.4) is 0 Å². The number of methoxy groups -OCH3 is 1. The summed E-state index contributed by atoms with van der Waals surface area (Å²) in [6.07, 6.45) is 4.93. The molecule has 2 aromatic rings. The minimum atomic E-state index is -3.94. The van der Waals surface area contributed by atoms with Gasteiger partial charge in [-0.15, -0.1) is 6.42 Å². The van der Waals surface area contributed by atoms with Crippen LogP contribution >= 0.6 is 7.60 Å². The predicted molar refractivity (Wildman–Crippen MR) is 104 cm³/mol. The Bertz CT molecular complexity index is 944. The number of imidazole rings is 1. The van der Waals surface area contributed by atoms with Crippen LogP contribution in [0.1, 0.15) is 20.1 Å². The molecule has 0 bridgehead atoms. The molecule has 5 atom stereocenters. The number of aromatic nitrogens is 4. The fraction of sp³-hybridized carbons (Fsp3) is 0.588. The largest absolute Gasteiger partial charge is 0.382 e. The van der Waals surface area contributed by atoms with Crippen LogP contribution < -0.4 is 5.73 Å². The van der Waals surface area contributed by atoms with Gasteiger partial charge in [-0.25, -0.2) is 15.0 Å². The second kappa shape index (κ2) is 8.75. The maximum atomic E-state index is 12.6. The molecule has 1 aliphatic heterocycles. The number of nitrogen functional groups attached to an aromatic ring is 1. The molecule has 12 heteroatoms. The summed E-state index contributed by atoms with van der Waals surface area (Å²) in [4.78, 5) is 22.7. The van der Waals surface area contributed by atoms with Gasteiger partial charge in [0.25, 0.3) is 0 Å². The average molecular weight is 425 g/mol. The molecule has 0 spiro atoms. The summed E-state index contributed by atoms with van der Waals surface area (Å²) in [5.74, 6) is 2.61. The number of fused-ring (bicyclic) bond motifs is 1. The van der Waals surface area contributed by atoms with E-state index in [1.165, 1.54) is 19.8 Å². The maximum absolute atomic E-state index is 12.6. The van der Waals surface area contributed by atoms with Gasteiger partial charge in [0.05, 0.1) is 18.6 Å². The van der Waals surface area contributed by atoms with Gasteiger partial charge in [-0.3, -0.25) is 13.7 Å². The zero-order valence-corrected chi connectivity index (χ0v) is 17.2. The van der Waals surface area contributed by atoms with Crippen molar-refractivity contribution in [1.82, 2.24) is 19.5 Å². The Kier molecular flexibility index (Phi) is 6.53. The van der Waals surface area contributed by atoms with Gasteiger partial charge in [0.1, 0.15) is 36.8 Å². The van der Waals surface area contributed by atoms with Crippen molar-refractivity contribution in [2.75, 3.05) is 26.1 Å². The highest BCUT2D eigenvalue weighted by molar-refractivity contribution is 7.53. The van der Waals surface area contributed by atoms with Crippen LogP contribution in [0, 0.1) is 12.3 Å². The second-order valence-electron chi connectivity index (χ2n) is 6.81. The molecule has 0 aromatic carbocycles. The van der Waals surface area contributed by atoms with Crippen molar-refractivity contribution >= 4 is 24.6 Å². The Morgan fingerprint density at radius 1 is 1.41 bits per heavy atom. The van der Waals surface area contributed by atoms with Gasteiger partial charge in [-0.05, 0) is 0 Å². The zero-order chi connectivity index (χ0) is 21.2. The Morgan fingerprint density at radius 2 is 2.17 bits per heavy atom. The summed E-state index contributed by atoms with van der Waals surface area (Å²) in [5.41, 5.74) is 6.07. The van der Waals surface area contributed by atoms with E-state index in [0.717, 1.165) is 0 Å². The first-order valence-corrected chi connectivity index (χ1v) is 10.6. The first-order chi connectivity index (χ1) is 13.8. The van der Waals surface area contributed by atoms with E-state index in [-0.39, 0.29) is 19.0 Å². The third-order valence-corrected chi connectivity index (χ3v) is 6.41. The fourth-order valence-corrected chi connectivity index (χ4v) is 3.88. The van der Waals surface area contributed by atoms with Crippen molar-refractivity contribution in [2.45, 2.75) is 44.0 Å². The third kappa shape index (κ3) is 4.28. The molecule has 3 heterocycles. The number of nitrogens with two attached hydrogens (primary N) is 1. The zero-order valence-electron chi connectivity index (χ0n) is 16.3. The number of hydrogen-bond donors (Lipinski definition) is 2. The number of terminal acetylenes is 1. The lowest BCUT2D eigenvalue weighted by molar-refractivity contribution is -0.0670. The van der Waals surface area contributed by atoms with E-state index in [4.69, 9.17) is 30.9 Å². The van der Waals surface area contributed by atoms with Crippen molar-refractivity contribution < 1.29 is 28.2 Å². The average Bonchev–Trinajstić information content (AvgIpc) is 3.23. The van der Waals surface area contributed by atoms with Crippen molar-refractivity contribution in [1.29, 1.82) is 0 Å². The Hall–Kier alpha value is -2.06. The lowest BCUT2D eigenvalue weighted by atomic mass is 10.1. The van der Waals surface area contributed by atoms with Crippen LogP contribution in [0.4, 0.5) is 5.82 Å². The standard InChI is InChI=1S/C17H24N5O6P/c1-5-6-26-14-13(28-29(23,24)10(2)3)11(7-25-4)27-17(14)22-9-21-12-15(18)19-8-20-16(12)22/h1,8-11,13-14,17H,6-7H2,2-4H3,(H,23,24)(H2,18,19,20)/t11-,13?,14?,17-/m1/s1. The highest BCUT2D eigenvalue weighted by Gasteiger charge is 2.50. The van der Waals surface area contributed by atoms with Crippen molar-refractivity contribution in [3.8, 4) is 12.3 Å². The first-order valence-electron chi connectivity index (χ1n) is 8.93. The molecule has 158 valence electrons. The van der Waals surface area contributed by atoms with Crippen LogP contribution in [0.2, 0.25) is 0 Å². The Balaban J connectivity index is 2.02. The summed E-state index contributed by atoms with van der Waals surface area (Å²) >= 11 is 0. The summed E-state index contributed by atoms with van der Waals surface area (Å²) in [6.45, 7) is 3.25. The molecule has 1 saturated heterocycles. The molecule has 1 fully saturated rings. The molecule has 0 amide bonds. The van der Waals surface area contributed by atoms with Gasteiger partial charge in [0.2, 0.25) is 0 Å². The molecular formula is C17H24N5O6P. The smallest absolute Gasteiger partial charge is 0.331 e. The van der Waals surface area contributed by atoms with E-state index in [1.54, 1.807) is 18.4 Å². The molecule has 3 N–H and O–H groups in total. The third-order valence-electron chi connectivity index (χ3n) is 4.56. The molecule has 3 rings (SSSR count). The monoisotopic (exact) mass is 425 g/mol. The number of nitrogens with zero attached hydrogens (tertiary/aromatic N) is 4. The highest BCUT2D eigenvalue weighted by atomic mass is 31.2. The van der Waals surface area contributed by atoms with E-state index < -0.39 is 37.8 Å². The molecular weight excluding hydrogens is 401 g/mol. The Labute approximate surface area is 168 Å². The second-order valence-corrected chi connectivity index (χ2v) is 9.18. The van der Waals surface area contributed by atoms with Crippen LogP contribution in [0.25, 0.3) is 11.2 Å². The summed E-state index contributed by atoms with van der Waals surface area (Å²) in [6, 6.07) is 0. The van der Waals surface area contributed by atoms with Crippen LogP contribution in [0.15, 0.2) is 12.7 Å². The molecule has 0 radical (unpaired) electrons. The molecule has 0 aliphatic carbocycles. The molecule has 3 unspecified atom stereocenters. The van der Waals surface area contributed by atoms with Gasteiger partial charge < -0.3 is 24.8 Å². The molecule has 29 heavy (non-hydrogen) atoms. The van der Waals surface area contributed by atoms with Crippen LogP contribution in [0.5, 0.6) is 0 Å². The predicted octanol–water partition coefficient (Wildman–Crippen LogP) is 0.950. The van der Waals surface area contributed by atoms with Gasteiger partial charge in [0, 0.05) is 7.11 Å². The normalized spacial score (nSPS) is 26.6. The van der Waals surface area contributed by atoms with Crippen LogP contribution in [-0.2, 0) is 23.3 Å². The van der Waals surface area contributed by atoms with E-state index in [1.807, 2.05) is 0 Å². The lowest BCUT2D eigenvalue weighted by Crippen LogP contribution is -2.38. The highest BCUT2D eigenvalue weighted by Crippen LogP contribution is 2.51. The Morgan fingerprint density at radius 3 is 2.83 bits per heavy atom. The molecule has 1 aliphatic rings. The van der Waals surface area contributed by atoms with Gasteiger partial charge in [-0.2, -0.15) is 0 Å². The van der Waals surface area contributed by atoms with Gasteiger partial charge >= 0.3 is 7.60 Å². The van der Waals surface area contributed by atoms with Crippen molar-refractivity contribution in [3.05, 3.63) is 12.7 Å². The summed E-state index contributed by atoms with van der Waals surface area (Å²) < 4.78 is 36.9. The number of ether oxygens (including phenoxy) is 3. The molecule has 2 aromatic heterocycles. The minimum Gasteiger partial charge on any atom is -0.382 e. The van der Waals surface area contributed by atoms with Gasteiger partial charge in [-0.1, -0.05) is 19.8 Å². The quantitative estimate of drug-likeness (QED) is 0.463. The first kappa shape index (κ1) is 21.6. The van der Waals surface area contributed by atoms with Crippen molar-refractivity contribution in [2.24, 2.45) is 0 Å². The summed E-state index contributed by atoms with van der Waals surface area (Å²) in [5, 5.41) is 0. The summed E-state index contributed by atoms with van der Waals surface area (Å²) in [7, 11) is -2.45. The van der Waals surface area contributed by atoms with Gasteiger partial charge in [0.15, 0.2) is 17.7 Å². The SMILES string of the molecule is C#CCOC1C(OP(=O)(O)C(C)C)[C@@H](COC)O[C@H]1n1cnc2c(N)ncnc21. The number of rotatable bonds is 8. The maximum Gasteiger partial charge on any atom is 0.331 e. The van der Waals surface area contributed by atoms with E-state index in [2.05, 4.69) is 20.9 Å². The lowest BCUT2D eigenvalue weighted by Gasteiger charge is -2.27. The molecule has 11 nitrogen and oxygen atoms in total. The minimum absolute atomic E-state index is 0.0503. The van der Waals surface area contributed by atoms with E-state index in [9.17, 15) is 9.46 Å². The molecule has 0 saturated carbocycles. The topological polar surface area (TPSA) is 144 Å². The number of hydrogen-bond acceptors (Lipinski definition) is 9. The van der Waals surface area contributed by atoms with Crippen LogP contribution in [-0.4, -0.2) is 68.7 Å². The van der Waals surface area contributed by atoms with Crippen molar-refractivity contribution in [3.63, 3.8) is 0 Å². The number of anilines is 1. The van der Waals surface area contributed by atoms with E-state index >= 15 is 0 Å². The fourth-order valence-electron chi connectivity index (χ4n) is 3.03.